The van der Waals surface area contributed by atoms with Crippen LogP contribution in [0.15, 0.2) is 30.3 Å². The van der Waals surface area contributed by atoms with Gasteiger partial charge in [0.05, 0.1) is 5.56 Å². The molecule has 2 heterocycles. The van der Waals surface area contributed by atoms with Gasteiger partial charge in [0, 0.05) is 32.2 Å². The molecule has 0 radical (unpaired) electrons. The molecule has 0 spiro atoms. The third-order valence-corrected chi connectivity index (χ3v) is 5.41. The second-order valence-corrected chi connectivity index (χ2v) is 7.30. The van der Waals surface area contributed by atoms with Gasteiger partial charge in [-0.15, -0.1) is 13.2 Å². The van der Waals surface area contributed by atoms with Gasteiger partial charge in [-0.25, -0.2) is 0 Å². The highest BCUT2D eigenvalue weighted by Gasteiger charge is 2.41. The highest BCUT2D eigenvalue weighted by Crippen LogP contribution is 2.45. The van der Waals surface area contributed by atoms with Gasteiger partial charge < -0.3 is 10.1 Å². The summed E-state index contributed by atoms with van der Waals surface area (Å²) in [6.45, 7) is 3.74. The van der Waals surface area contributed by atoms with Crippen molar-refractivity contribution < 1.29 is 31.1 Å². The molecular weight excluding hydrogens is 398 g/mol. The Bertz CT molecular complexity index is 938. The summed E-state index contributed by atoms with van der Waals surface area (Å²) in [7, 11) is 0. The molecule has 2 aliphatic heterocycles. The number of fused-ring (bicyclic) bond motifs is 3. The van der Waals surface area contributed by atoms with Crippen molar-refractivity contribution in [3.63, 3.8) is 0 Å². The molecule has 4 rings (SSSR count). The standard InChI is InChI=1S/C20H18F6N2O/c1-11-6-13(29-20(24,25)26)2-3-14(11)12-7-15-16(17(8-12)19(21,22)23)10-28-5-4-27-9-18(15)28/h2-3,6-8,18,27H,4-5,9-10H2,1H3/t18-/m0/s1. The van der Waals surface area contributed by atoms with E-state index in [9.17, 15) is 26.3 Å². The molecule has 29 heavy (non-hydrogen) atoms. The molecule has 9 heteroatoms. The SMILES string of the molecule is Cc1cc(OC(F)(F)F)ccc1-c1cc2c(c(C(F)(F)F)c1)CN1CCNC[C@@H]21. The van der Waals surface area contributed by atoms with Gasteiger partial charge in [0.15, 0.2) is 0 Å². The van der Waals surface area contributed by atoms with Crippen LogP contribution in [0, 0.1) is 6.92 Å². The second-order valence-electron chi connectivity index (χ2n) is 7.30. The molecule has 3 nitrogen and oxygen atoms in total. The number of hydrogen-bond donors (Lipinski definition) is 1. The molecule has 0 unspecified atom stereocenters. The number of nitrogens with one attached hydrogen (secondary N) is 1. The van der Waals surface area contributed by atoms with Gasteiger partial charge in [-0.3, -0.25) is 4.90 Å². The van der Waals surface area contributed by atoms with Gasteiger partial charge in [-0.1, -0.05) is 6.07 Å². The summed E-state index contributed by atoms with van der Waals surface area (Å²) in [6, 6.07) is 6.34. The lowest BCUT2D eigenvalue weighted by molar-refractivity contribution is -0.274. The third-order valence-electron chi connectivity index (χ3n) is 5.41. The Morgan fingerprint density at radius 1 is 1.07 bits per heavy atom. The van der Waals surface area contributed by atoms with E-state index in [4.69, 9.17) is 0 Å². The molecule has 1 fully saturated rings. The molecule has 0 aromatic heterocycles. The van der Waals surface area contributed by atoms with E-state index in [0.29, 0.717) is 35.3 Å². The molecule has 156 valence electrons. The first-order chi connectivity index (χ1) is 13.5. The zero-order valence-corrected chi connectivity index (χ0v) is 15.4. The fourth-order valence-electron chi connectivity index (χ4n) is 4.18. The summed E-state index contributed by atoms with van der Waals surface area (Å²) in [5, 5.41) is 3.21. The molecule has 1 atom stereocenters. The molecule has 0 bridgehead atoms. The second kappa shape index (κ2) is 6.91. The number of aryl methyl sites for hydroxylation is 1. The zero-order valence-electron chi connectivity index (χ0n) is 15.4. The van der Waals surface area contributed by atoms with E-state index in [1.165, 1.54) is 12.1 Å². The predicted molar refractivity (Wildman–Crippen MR) is 94.3 cm³/mol. The normalized spacial score (nSPS) is 19.8. The number of nitrogens with zero attached hydrogens (tertiary/aromatic N) is 1. The van der Waals surface area contributed by atoms with Crippen LogP contribution >= 0.6 is 0 Å². The van der Waals surface area contributed by atoms with Gasteiger partial charge in [0.2, 0.25) is 0 Å². The first-order valence-electron chi connectivity index (χ1n) is 9.08. The molecule has 2 aromatic rings. The lowest BCUT2D eigenvalue weighted by Crippen LogP contribution is -2.42. The molecular formula is C20H18F6N2O. The molecule has 2 aromatic carbocycles. The number of alkyl halides is 6. The lowest BCUT2D eigenvalue weighted by Gasteiger charge is -2.30. The Morgan fingerprint density at radius 3 is 2.48 bits per heavy atom. The zero-order chi connectivity index (χ0) is 21.0. The topological polar surface area (TPSA) is 24.5 Å². The van der Waals surface area contributed by atoms with Crippen molar-refractivity contribution in [2.24, 2.45) is 0 Å². The Balaban J connectivity index is 1.80. The summed E-state index contributed by atoms with van der Waals surface area (Å²) >= 11 is 0. The highest BCUT2D eigenvalue weighted by molar-refractivity contribution is 5.71. The van der Waals surface area contributed by atoms with Crippen LogP contribution in [0.4, 0.5) is 26.3 Å². The summed E-state index contributed by atoms with van der Waals surface area (Å²) in [5.41, 5.74) is 1.39. The van der Waals surface area contributed by atoms with Crippen molar-refractivity contribution in [1.82, 2.24) is 10.2 Å². The van der Waals surface area contributed by atoms with E-state index >= 15 is 0 Å². The van der Waals surface area contributed by atoms with Gasteiger partial charge in [0.25, 0.3) is 0 Å². The maximum atomic E-state index is 13.8. The predicted octanol–water partition coefficient (Wildman–Crippen LogP) is 5.04. The van der Waals surface area contributed by atoms with Crippen LogP contribution in [-0.2, 0) is 12.7 Å². The summed E-state index contributed by atoms with van der Waals surface area (Å²) < 4.78 is 82.6. The van der Waals surface area contributed by atoms with Crippen LogP contribution in [0.5, 0.6) is 5.75 Å². The number of rotatable bonds is 2. The molecule has 2 aliphatic rings. The van der Waals surface area contributed by atoms with Crippen molar-refractivity contribution in [2.75, 3.05) is 19.6 Å². The maximum Gasteiger partial charge on any atom is 0.573 e. The summed E-state index contributed by atoms with van der Waals surface area (Å²) in [5.74, 6) is -0.404. The maximum absolute atomic E-state index is 13.8. The van der Waals surface area contributed by atoms with E-state index in [0.717, 1.165) is 18.7 Å². The van der Waals surface area contributed by atoms with Gasteiger partial charge in [-0.2, -0.15) is 13.2 Å². The monoisotopic (exact) mass is 416 g/mol. The van der Waals surface area contributed by atoms with E-state index in [1.54, 1.807) is 13.0 Å². The minimum atomic E-state index is -4.83. The van der Waals surface area contributed by atoms with Gasteiger partial charge >= 0.3 is 12.5 Å². The van der Waals surface area contributed by atoms with E-state index in [2.05, 4.69) is 10.1 Å². The van der Waals surface area contributed by atoms with Crippen LogP contribution in [0.3, 0.4) is 0 Å². The largest absolute Gasteiger partial charge is 0.573 e. The Hall–Kier alpha value is -2.26. The Morgan fingerprint density at radius 2 is 1.83 bits per heavy atom. The van der Waals surface area contributed by atoms with Crippen LogP contribution in [0.2, 0.25) is 0 Å². The Labute approximate surface area is 163 Å². The summed E-state index contributed by atoms with van der Waals surface area (Å²) in [6.07, 6.45) is -9.35. The van der Waals surface area contributed by atoms with Crippen molar-refractivity contribution in [1.29, 1.82) is 0 Å². The summed E-state index contributed by atoms with van der Waals surface area (Å²) in [4.78, 5) is 2.02. The molecule has 0 saturated carbocycles. The number of halogens is 6. The van der Waals surface area contributed by atoms with E-state index in [-0.39, 0.29) is 18.2 Å². The minimum absolute atomic E-state index is 0.145. The Kier molecular flexibility index (Phi) is 4.77. The quantitative estimate of drug-likeness (QED) is 0.695. The smallest absolute Gasteiger partial charge is 0.406 e. The van der Waals surface area contributed by atoms with E-state index in [1.807, 2.05) is 4.90 Å². The third kappa shape index (κ3) is 3.93. The van der Waals surface area contributed by atoms with Crippen LogP contribution < -0.4 is 10.1 Å². The molecule has 0 amide bonds. The first-order valence-corrected chi connectivity index (χ1v) is 9.08. The van der Waals surface area contributed by atoms with Crippen molar-refractivity contribution in [3.05, 3.63) is 52.6 Å². The van der Waals surface area contributed by atoms with Crippen LogP contribution in [-0.4, -0.2) is 30.9 Å². The first kappa shape index (κ1) is 20.0. The average molecular weight is 416 g/mol. The van der Waals surface area contributed by atoms with Crippen molar-refractivity contribution >= 4 is 0 Å². The van der Waals surface area contributed by atoms with Gasteiger partial charge in [-0.05, 0) is 59.0 Å². The fraction of sp³-hybridized carbons (Fsp3) is 0.400. The van der Waals surface area contributed by atoms with Crippen LogP contribution in [0.1, 0.15) is 28.3 Å². The number of hydrogen-bond acceptors (Lipinski definition) is 3. The van der Waals surface area contributed by atoms with Crippen molar-refractivity contribution in [3.8, 4) is 16.9 Å². The molecule has 1 saturated heterocycles. The lowest BCUT2D eigenvalue weighted by atomic mass is 9.91. The number of ether oxygens (including phenoxy) is 1. The molecule has 0 aliphatic carbocycles. The molecule has 1 N–H and O–H groups in total. The average Bonchev–Trinajstić information content (AvgIpc) is 2.97. The number of piperazine rings is 1. The fourth-order valence-corrected chi connectivity index (χ4v) is 4.18. The van der Waals surface area contributed by atoms with E-state index < -0.39 is 23.9 Å². The van der Waals surface area contributed by atoms with Gasteiger partial charge in [0.1, 0.15) is 5.75 Å². The van der Waals surface area contributed by atoms with Crippen molar-refractivity contribution in [2.45, 2.75) is 32.0 Å². The highest BCUT2D eigenvalue weighted by atomic mass is 19.4. The minimum Gasteiger partial charge on any atom is -0.406 e. The number of benzene rings is 2. The van der Waals surface area contributed by atoms with Crippen LogP contribution in [0.25, 0.3) is 11.1 Å².